The minimum Gasteiger partial charge on any atom is -0.122 e. The lowest BCUT2D eigenvalue weighted by atomic mass is 10.3. The molecule has 43 valence electrons. The Labute approximate surface area is 47.7 Å². The molecule has 0 amide bonds. The second kappa shape index (κ2) is 2.40. The first kappa shape index (κ1) is 5.21. The topological polar surface area (TPSA) is 50.9 Å². The number of hydrogen-bond acceptors (Lipinski definition) is 4. The standard InChI is InChI=1S/C4H8N4/c1-2-3-4-5-7-8-6-4/h2-3H2,1H3,(H,5,6,7)/q+1. The number of nitrogens with zero attached hydrogens (tertiary/aromatic N) is 3. The zero-order valence-corrected chi connectivity index (χ0v) is 4.76. The average Bonchev–Trinajstić information content (AvgIpc) is 2.19. The van der Waals surface area contributed by atoms with Gasteiger partial charge >= 0.3 is 0 Å². The summed E-state index contributed by atoms with van der Waals surface area (Å²) in [7, 11) is 0. The molecule has 0 spiro atoms. The molecule has 0 aromatic rings. The van der Waals surface area contributed by atoms with Crippen LogP contribution in [0.4, 0.5) is 0 Å². The van der Waals surface area contributed by atoms with Gasteiger partial charge in [0.2, 0.25) is 5.22 Å². The van der Waals surface area contributed by atoms with Gasteiger partial charge in [-0.15, -0.1) is 5.43 Å². The number of rotatable bonds is 2. The summed E-state index contributed by atoms with van der Waals surface area (Å²) in [6.07, 6.45) is 2.02. The van der Waals surface area contributed by atoms with Gasteiger partial charge in [-0.25, -0.2) is 0 Å². The Bertz CT molecular complexity index is 126. The van der Waals surface area contributed by atoms with E-state index in [1.54, 1.807) is 0 Å². The van der Waals surface area contributed by atoms with Crippen molar-refractivity contribution in [1.82, 2.24) is 10.6 Å². The predicted octanol–water partition coefficient (Wildman–Crippen LogP) is 0.406. The van der Waals surface area contributed by atoms with Crippen LogP contribution >= 0.6 is 0 Å². The lowest BCUT2D eigenvalue weighted by Crippen LogP contribution is -2.19. The molecule has 1 aliphatic heterocycles. The molecule has 0 fully saturated rings. The second-order valence-corrected chi connectivity index (χ2v) is 1.60. The zero-order valence-electron chi connectivity index (χ0n) is 4.76. The second-order valence-electron chi connectivity index (χ2n) is 1.60. The highest BCUT2D eigenvalue weighted by molar-refractivity contribution is 5.81. The highest BCUT2D eigenvalue weighted by atomic mass is 15.6. The first-order valence-electron chi connectivity index (χ1n) is 2.66. The molecule has 1 rings (SSSR count). The molecule has 8 heavy (non-hydrogen) atoms. The Hall–Kier alpha value is -0.930. The number of nitrogens with one attached hydrogen (secondary N) is 1. The van der Waals surface area contributed by atoms with E-state index in [9.17, 15) is 0 Å². The third kappa shape index (κ3) is 1.02. The van der Waals surface area contributed by atoms with Crippen molar-refractivity contribution in [2.45, 2.75) is 19.8 Å². The summed E-state index contributed by atoms with van der Waals surface area (Å²) < 4.78 is 0. The van der Waals surface area contributed by atoms with Crippen LogP contribution in [0.25, 0.3) is 0 Å². The molecule has 4 heteroatoms. The molecule has 1 radical (unpaired) electrons. The van der Waals surface area contributed by atoms with E-state index in [-0.39, 0.29) is 0 Å². The third-order valence-electron chi connectivity index (χ3n) is 0.876. The van der Waals surface area contributed by atoms with Gasteiger partial charge in [0.15, 0.2) is 5.22 Å². The summed E-state index contributed by atoms with van der Waals surface area (Å²) in [6, 6.07) is 0. The third-order valence-corrected chi connectivity index (χ3v) is 0.876. The molecule has 0 aromatic carbocycles. The summed E-state index contributed by atoms with van der Waals surface area (Å²) in [6.45, 7) is 2.09. The zero-order chi connectivity index (χ0) is 5.82. The van der Waals surface area contributed by atoms with Gasteiger partial charge in [-0.2, -0.15) is 0 Å². The van der Waals surface area contributed by atoms with Crippen molar-refractivity contribution in [2.75, 3.05) is 0 Å². The van der Waals surface area contributed by atoms with Crippen LogP contribution in [0.1, 0.15) is 19.8 Å². The van der Waals surface area contributed by atoms with Crippen molar-refractivity contribution in [3.63, 3.8) is 0 Å². The van der Waals surface area contributed by atoms with Crippen LogP contribution in [0.3, 0.4) is 0 Å². The smallest absolute Gasteiger partial charge is 0.122 e. The minimum absolute atomic E-state index is 0.868. The SMILES string of the molecule is CCCC1=NN=[N+]N1. The van der Waals surface area contributed by atoms with Crippen LogP contribution in [0.5, 0.6) is 0 Å². The van der Waals surface area contributed by atoms with Gasteiger partial charge in [0, 0.05) is 6.42 Å². The maximum absolute atomic E-state index is 3.69. The van der Waals surface area contributed by atoms with Gasteiger partial charge in [-0.05, 0) is 6.42 Å². The largest absolute Gasteiger partial charge is 0.285 e. The van der Waals surface area contributed by atoms with Crippen molar-refractivity contribution in [1.29, 1.82) is 0 Å². The first-order chi connectivity index (χ1) is 3.93. The predicted molar refractivity (Wildman–Crippen MR) is 30.0 cm³/mol. The van der Waals surface area contributed by atoms with E-state index in [1.165, 1.54) is 0 Å². The molecular formula is C4H8N4+. The van der Waals surface area contributed by atoms with Crippen LogP contribution in [0.2, 0.25) is 0 Å². The highest BCUT2D eigenvalue weighted by Gasteiger charge is 2.11. The minimum atomic E-state index is 0.868. The Kier molecular flexibility index (Phi) is 1.56. The molecule has 0 saturated heterocycles. The monoisotopic (exact) mass is 112 g/mol. The molecule has 0 aliphatic carbocycles. The number of hydrogen-bond donors (Lipinski definition) is 1. The Morgan fingerprint density at radius 3 is 3.12 bits per heavy atom. The van der Waals surface area contributed by atoms with E-state index in [1.807, 2.05) is 0 Å². The quantitative estimate of drug-likeness (QED) is 0.552. The molecule has 1 N–H and O–H groups in total. The van der Waals surface area contributed by atoms with Crippen LogP contribution in [0, 0.1) is 0 Å². The van der Waals surface area contributed by atoms with E-state index in [0.717, 1.165) is 18.7 Å². The average molecular weight is 112 g/mol. The van der Waals surface area contributed by atoms with Gasteiger partial charge in [-0.3, -0.25) is 0 Å². The van der Waals surface area contributed by atoms with Crippen molar-refractivity contribution in [2.24, 2.45) is 10.3 Å². The molecule has 4 nitrogen and oxygen atoms in total. The van der Waals surface area contributed by atoms with Gasteiger partial charge in [0.1, 0.15) is 0 Å². The fraction of sp³-hybridized carbons (Fsp3) is 0.750. The molecule has 1 aliphatic rings. The maximum atomic E-state index is 3.69. The summed E-state index contributed by atoms with van der Waals surface area (Å²) in [5.41, 5.74) is 2.67. The molecule has 0 bridgehead atoms. The van der Waals surface area contributed by atoms with E-state index in [4.69, 9.17) is 0 Å². The van der Waals surface area contributed by atoms with Gasteiger partial charge in [0.05, 0.1) is 5.10 Å². The summed E-state index contributed by atoms with van der Waals surface area (Å²) in [5, 5.41) is 10.5. The summed E-state index contributed by atoms with van der Waals surface area (Å²) >= 11 is 0. The van der Waals surface area contributed by atoms with E-state index < -0.39 is 0 Å². The molecule has 0 aromatic heterocycles. The van der Waals surface area contributed by atoms with Crippen molar-refractivity contribution >= 4 is 5.84 Å². The lowest BCUT2D eigenvalue weighted by Gasteiger charge is -1.81. The molecule has 0 saturated carbocycles. The summed E-state index contributed by atoms with van der Waals surface area (Å²) in [5.74, 6) is 0.868. The maximum Gasteiger partial charge on any atom is 0.285 e. The van der Waals surface area contributed by atoms with Crippen LogP contribution in [-0.2, 0) is 0 Å². The molecule has 0 unspecified atom stereocenters. The van der Waals surface area contributed by atoms with E-state index in [2.05, 4.69) is 27.9 Å². The fourth-order valence-corrected chi connectivity index (χ4v) is 0.521. The molecular weight excluding hydrogens is 104 g/mol. The first-order valence-corrected chi connectivity index (χ1v) is 2.66. The van der Waals surface area contributed by atoms with E-state index in [0.29, 0.717) is 0 Å². The van der Waals surface area contributed by atoms with Crippen LogP contribution in [0.15, 0.2) is 10.3 Å². The Balaban J connectivity index is 2.28. The number of amidine groups is 1. The van der Waals surface area contributed by atoms with Gasteiger partial charge in [0.25, 0.3) is 5.84 Å². The summed E-state index contributed by atoms with van der Waals surface area (Å²) in [4.78, 5) is 0. The Morgan fingerprint density at radius 1 is 1.75 bits per heavy atom. The Morgan fingerprint density at radius 2 is 2.62 bits per heavy atom. The molecule has 1 heterocycles. The molecule has 0 atom stereocenters. The van der Waals surface area contributed by atoms with E-state index >= 15 is 0 Å². The van der Waals surface area contributed by atoms with Crippen molar-refractivity contribution in [3.8, 4) is 0 Å². The van der Waals surface area contributed by atoms with Gasteiger partial charge in [-0.1, -0.05) is 6.92 Å². The van der Waals surface area contributed by atoms with Gasteiger partial charge < -0.3 is 0 Å². The van der Waals surface area contributed by atoms with Crippen LogP contribution in [-0.4, -0.2) is 5.84 Å². The normalized spacial score (nSPS) is 15.9. The fourth-order valence-electron chi connectivity index (χ4n) is 0.521. The van der Waals surface area contributed by atoms with Crippen molar-refractivity contribution in [3.05, 3.63) is 0 Å². The highest BCUT2D eigenvalue weighted by Crippen LogP contribution is 1.91. The van der Waals surface area contributed by atoms with Crippen LogP contribution < -0.4 is 10.6 Å². The lowest BCUT2D eigenvalue weighted by molar-refractivity contribution is 0.804. The van der Waals surface area contributed by atoms with Crippen molar-refractivity contribution < 1.29 is 0 Å².